The maximum absolute atomic E-state index is 11.7. The summed E-state index contributed by atoms with van der Waals surface area (Å²) in [5, 5.41) is 0. The lowest BCUT2D eigenvalue weighted by molar-refractivity contribution is -0.143. The number of nitrogens with zero attached hydrogens (tertiary/aromatic N) is 1. The van der Waals surface area contributed by atoms with Gasteiger partial charge in [0, 0.05) is 25.7 Å². The van der Waals surface area contributed by atoms with Crippen LogP contribution in [-0.2, 0) is 20.7 Å². The molecule has 4 nitrogen and oxygen atoms in total. The van der Waals surface area contributed by atoms with E-state index in [1.807, 2.05) is 18.2 Å². The van der Waals surface area contributed by atoms with Gasteiger partial charge < -0.3 is 14.4 Å². The van der Waals surface area contributed by atoms with E-state index in [2.05, 4.69) is 11.9 Å². The van der Waals surface area contributed by atoms with Gasteiger partial charge in [0.25, 0.3) is 0 Å². The van der Waals surface area contributed by atoms with Gasteiger partial charge in [0.05, 0.1) is 13.0 Å². The van der Waals surface area contributed by atoms with Crippen molar-refractivity contribution >= 4 is 17.9 Å². The topological polar surface area (TPSA) is 46.6 Å². The molecule has 18 heavy (non-hydrogen) atoms. The number of ether oxygens (including phenoxy) is 1. The molecule has 1 atom stereocenters. The summed E-state index contributed by atoms with van der Waals surface area (Å²) in [4.78, 5) is 24.5. The highest BCUT2D eigenvalue weighted by atomic mass is 16.5. The molecule has 1 aliphatic heterocycles. The molecule has 0 fully saturated rings. The van der Waals surface area contributed by atoms with Crippen LogP contribution in [0.5, 0.6) is 0 Å². The van der Waals surface area contributed by atoms with Crippen LogP contribution < -0.4 is 4.90 Å². The highest BCUT2D eigenvalue weighted by molar-refractivity contribution is 5.81. The van der Waals surface area contributed by atoms with Gasteiger partial charge in [-0.1, -0.05) is 12.1 Å². The van der Waals surface area contributed by atoms with E-state index >= 15 is 0 Å². The van der Waals surface area contributed by atoms with Gasteiger partial charge >= 0.3 is 5.97 Å². The summed E-state index contributed by atoms with van der Waals surface area (Å²) in [6.07, 6.45) is 1.91. The highest BCUT2D eigenvalue weighted by Gasteiger charge is 2.23. The van der Waals surface area contributed by atoms with Crippen molar-refractivity contribution in [1.82, 2.24) is 0 Å². The first-order valence-electron chi connectivity index (χ1n) is 6.02. The number of anilines is 1. The molecule has 0 spiro atoms. The lowest BCUT2D eigenvalue weighted by atomic mass is 9.94. The predicted molar refractivity (Wildman–Crippen MR) is 68.9 cm³/mol. The van der Waals surface area contributed by atoms with E-state index in [0.29, 0.717) is 0 Å². The number of esters is 1. The maximum atomic E-state index is 11.7. The number of rotatable bonds is 4. The second-order valence-electron chi connectivity index (χ2n) is 4.54. The third-order valence-electron chi connectivity index (χ3n) is 3.45. The van der Waals surface area contributed by atoms with Crippen molar-refractivity contribution in [1.29, 1.82) is 0 Å². The fourth-order valence-corrected chi connectivity index (χ4v) is 2.41. The van der Waals surface area contributed by atoms with Crippen LogP contribution in [0.25, 0.3) is 0 Å². The zero-order valence-corrected chi connectivity index (χ0v) is 10.7. The van der Waals surface area contributed by atoms with Gasteiger partial charge in [-0.15, -0.1) is 0 Å². The van der Waals surface area contributed by atoms with Gasteiger partial charge in [0.1, 0.15) is 6.29 Å². The summed E-state index contributed by atoms with van der Waals surface area (Å²) in [6, 6.07) is 5.94. The van der Waals surface area contributed by atoms with Gasteiger partial charge in [-0.05, 0) is 23.6 Å². The molecule has 0 radical (unpaired) electrons. The van der Waals surface area contributed by atoms with Crippen molar-refractivity contribution in [2.45, 2.75) is 18.8 Å². The second kappa shape index (κ2) is 5.21. The first-order chi connectivity index (χ1) is 8.67. The molecule has 0 amide bonds. The number of carbonyl (C=O) groups is 2. The Kier molecular flexibility index (Phi) is 3.65. The molecule has 1 aliphatic rings. The molecular weight excluding hydrogens is 230 g/mol. The molecule has 1 aromatic carbocycles. The largest absolute Gasteiger partial charge is 0.469 e. The van der Waals surface area contributed by atoms with Crippen LogP contribution in [0.4, 0.5) is 5.69 Å². The third kappa shape index (κ3) is 2.23. The van der Waals surface area contributed by atoms with Crippen LogP contribution in [0.15, 0.2) is 18.2 Å². The average molecular weight is 247 g/mol. The molecule has 4 heteroatoms. The number of carbonyl (C=O) groups excluding carboxylic acids is 2. The van der Waals surface area contributed by atoms with Crippen LogP contribution >= 0.6 is 0 Å². The molecule has 0 bridgehead atoms. The molecule has 0 saturated carbocycles. The van der Waals surface area contributed by atoms with Crippen molar-refractivity contribution in [3.8, 4) is 0 Å². The number of methoxy groups -OCH3 is 1. The smallest absolute Gasteiger partial charge is 0.313 e. The zero-order valence-electron chi connectivity index (χ0n) is 10.7. The van der Waals surface area contributed by atoms with E-state index in [-0.39, 0.29) is 12.4 Å². The standard InChI is InChI=1S/C14H17NO3/c1-15-7-5-11-9-10(3-4-13(11)15)12(6-8-16)14(17)18-2/h3-4,8-9,12H,5-7H2,1-2H3/t12-/m1/s1. The Balaban J connectivity index is 2.32. The highest BCUT2D eigenvalue weighted by Crippen LogP contribution is 2.31. The van der Waals surface area contributed by atoms with Crippen molar-refractivity contribution in [3.05, 3.63) is 29.3 Å². The fourth-order valence-electron chi connectivity index (χ4n) is 2.41. The molecule has 0 saturated heterocycles. The lowest BCUT2D eigenvalue weighted by Crippen LogP contribution is -2.15. The fraction of sp³-hybridized carbons (Fsp3) is 0.429. The first kappa shape index (κ1) is 12.6. The van der Waals surface area contributed by atoms with Crippen LogP contribution in [-0.4, -0.2) is 33.0 Å². The Morgan fingerprint density at radius 2 is 2.33 bits per heavy atom. The summed E-state index contributed by atoms with van der Waals surface area (Å²) in [5.74, 6) is -0.836. The average Bonchev–Trinajstić information content (AvgIpc) is 2.76. The Labute approximate surface area is 107 Å². The van der Waals surface area contributed by atoms with E-state index < -0.39 is 5.92 Å². The molecule has 1 aromatic rings. The third-order valence-corrected chi connectivity index (χ3v) is 3.45. The Morgan fingerprint density at radius 1 is 1.56 bits per heavy atom. The van der Waals surface area contributed by atoms with E-state index in [0.717, 1.165) is 24.8 Å². The minimum Gasteiger partial charge on any atom is -0.469 e. The molecule has 0 N–H and O–H groups in total. The SMILES string of the molecule is COC(=O)[C@H](CC=O)c1ccc2c(c1)CCN2C. The number of likely N-dealkylation sites (N-methyl/N-ethyl adjacent to an activating group) is 1. The van der Waals surface area contributed by atoms with E-state index in [1.165, 1.54) is 18.4 Å². The van der Waals surface area contributed by atoms with E-state index in [9.17, 15) is 9.59 Å². The summed E-state index contributed by atoms with van der Waals surface area (Å²) >= 11 is 0. The number of hydrogen-bond acceptors (Lipinski definition) is 4. The molecule has 0 aliphatic carbocycles. The summed E-state index contributed by atoms with van der Waals surface area (Å²) < 4.78 is 4.75. The minimum absolute atomic E-state index is 0.168. The van der Waals surface area contributed by atoms with Gasteiger partial charge in [-0.2, -0.15) is 0 Å². The second-order valence-corrected chi connectivity index (χ2v) is 4.54. The van der Waals surface area contributed by atoms with Crippen LogP contribution in [0, 0.1) is 0 Å². The molecule has 2 rings (SSSR count). The zero-order chi connectivity index (χ0) is 13.1. The van der Waals surface area contributed by atoms with Gasteiger partial charge in [0.2, 0.25) is 0 Å². The molecule has 0 unspecified atom stereocenters. The summed E-state index contributed by atoms with van der Waals surface area (Å²) in [5.41, 5.74) is 3.30. The Bertz CT molecular complexity index is 470. The quantitative estimate of drug-likeness (QED) is 0.598. The Morgan fingerprint density at radius 3 is 3.00 bits per heavy atom. The van der Waals surface area contributed by atoms with Crippen LogP contribution in [0.3, 0.4) is 0 Å². The van der Waals surface area contributed by atoms with Gasteiger partial charge in [0.15, 0.2) is 0 Å². The first-order valence-corrected chi connectivity index (χ1v) is 6.02. The molecule has 96 valence electrons. The summed E-state index contributed by atoms with van der Waals surface area (Å²) in [6.45, 7) is 0.995. The van der Waals surface area contributed by atoms with Crippen molar-refractivity contribution in [2.75, 3.05) is 25.6 Å². The normalized spacial score (nSPS) is 15.1. The van der Waals surface area contributed by atoms with Crippen molar-refractivity contribution < 1.29 is 14.3 Å². The monoisotopic (exact) mass is 247 g/mol. The maximum Gasteiger partial charge on any atom is 0.313 e. The number of hydrogen-bond donors (Lipinski definition) is 0. The Hall–Kier alpha value is -1.84. The van der Waals surface area contributed by atoms with Crippen molar-refractivity contribution in [2.24, 2.45) is 0 Å². The minimum atomic E-state index is -0.483. The number of fused-ring (bicyclic) bond motifs is 1. The van der Waals surface area contributed by atoms with Crippen LogP contribution in [0.2, 0.25) is 0 Å². The number of benzene rings is 1. The predicted octanol–water partition coefficient (Wildman–Crippen LogP) is 1.52. The van der Waals surface area contributed by atoms with E-state index in [1.54, 1.807) is 0 Å². The number of aldehydes is 1. The van der Waals surface area contributed by atoms with Gasteiger partial charge in [-0.25, -0.2) is 0 Å². The molecular formula is C14H17NO3. The van der Waals surface area contributed by atoms with Gasteiger partial charge in [-0.3, -0.25) is 4.79 Å². The molecule has 1 heterocycles. The van der Waals surface area contributed by atoms with Crippen LogP contribution in [0.1, 0.15) is 23.5 Å². The molecule has 0 aromatic heterocycles. The summed E-state index contributed by atoms with van der Waals surface area (Å²) in [7, 11) is 3.40. The van der Waals surface area contributed by atoms with E-state index in [4.69, 9.17) is 4.74 Å². The van der Waals surface area contributed by atoms with Crippen molar-refractivity contribution in [3.63, 3.8) is 0 Å². The lowest BCUT2D eigenvalue weighted by Gasteiger charge is -2.15.